The lowest BCUT2D eigenvalue weighted by molar-refractivity contribution is -0.121. The SMILES string of the molecule is CCCCC[C@@H](C)NC(=O)CN1C(=O)c2ccccc2S1(=O)=O. The zero-order valence-corrected chi connectivity index (χ0v) is 14.2. The van der Waals surface area contributed by atoms with Crippen LogP contribution in [0, 0.1) is 0 Å². The molecule has 1 aromatic rings. The van der Waals surface area contributed by atoms with Crippen LogP contribution >= 0.6 is 0 Å². The van der Waals surface area contributed by atoms with Crippen LogP contribution in [0.2, 0.25) is 0 Å². The van der Waals surface area contributed by atoms with Gasteiger partial charge in [-0.25, -0.2) is 12.7 Å². The molecule has 0 radical (unpaired) electrons. The first-order chi connectivity index (χ1) is 10.9. The number of nitrogens with one attached hydrogen (secondary N) is 1. The summed E-state index contributed by atoms with van der Waals surface area (Å²) >= 11 is 0. The molecule has 0 saturated heterocycles. The van der Waals surface area contributed by atoms with Crippen molar-refractivity contribution in [1.82, 2.24) is 9.62 Å². The summed E-state index contributed by atoms with van der Waals surface area (Å²) in [7, 11) is -3.92. The molecule has 1 aromatic carbocycles. The third kappa shape index (κ3) is 3.72. The highest BCUT2D eigenvalue weighted by Crippen LogP contribution is 2.29. The number of hydrogen-bond donors (Lipinski definition) is 1. The molecule has 1 N–H and O–H groups in total. The van der Waals surface area contributed by atoms with E-state index in [0.717, 1.165) is 25.7 Å². The second-order valence-electron chi connectivity index (χ2n) is 5.78. The molecule has 1 aliphatic rings. The fourth-order valence-electron chi connectivity index (χ4n) is 2.61. The summed E-state index contributed by atoms with van der Waals surface area (Å²) in [5.74, 6) is -1.10. The maximum atomic E-state index is 12.4. The normalized spacial score (nSPS) is 17.0. The number of fused-ring (bicyclic) bond motifs is 1. The number of carbonyl (C=O) groups excluding carboxylic acids is 2. The Labute approximate surface area is 136 Å². The van der Waals surface area contributed by atoms with E-state index >= 15 is 0 Å². The first-order valence-electron chi connectivity index (χ1n) is 7.83. The number of rotatable bonds is 7. The second-order valence-corrected chi connectivity index (χ2v) is 7.61. The average molecular weight is 338 g/mol. The Kier molecular flexibility index (Phi) is 5.41. The Morgan fingerprint density at radius 2 is 1.96 bits per heavy atom. The summed E-state index contributed by atoms with van der Waals surface area (Å²) in [6, 6.07) is 5.96. The maximum absolute atomic E-state index is 12.4. The zero-order chi connectivity index (χ0) is 17.0. The summed E-state index contributed by atoms with van der Waals surface area (Å²) in [6.07, 6.45) is 4.03. The largest absolute Gasteiger partial charge is 0.352 e. The molecule has 126 valence electrons. The van der Waals surface area contributed by atoms with Gasteiger partial charge in [0.1, 0.15) is 11.4 Å². The number of amides is 2. The van der Waals surface area contributed by atoms with Crippen molar-refractivity contribution in [3.8, 4) is 0 Å². The molecular weight excluding hydrogens is 316 g/mol. The molecule has 2 rings (SSSR count). The predicted molar refractivity (Wildman–Crippen MR) is 86.4 cm³/mol. The van der Waals surface area contributed by atoms with Crippen LogP contribution in [0.3, 0.4) is 0 Å². The van der Waals surface area contributed by atoms with Gasteiger partial charge in [0, 0.05) is 6.04 Å². The van der Waals surface area contributed by atoms with Crippen molar-refractivity contribution in [1.29, 1.82) is 0 Å². The van der Waals surface area contributed by atoms with E-state index in [4.69, 9.17) is 0 Å². The average Bonchev–Trinajstić information content (AvgIpc) is 2.69. The van der Waals surface area contributed by atoms with E-state index in [9.17, 15) is 18.0 Å². The molecule has 23 heavy (non-hydrogen) atoms. The molecule has 0 spiro atoms. The van der Waals surface area contributed by atoms with Crippen molar-refractivity contribution >= 4 is 21.8 Å². The number of unbranched alkanes of at least 4 members (excludes halogenated alkanes) is 2. The van der Waals surface area contributed by atoms with Gasteiger partial charge in [-0.3, -0.25) is 9.59 Å². The lowest BCUT2D eigenvalue weighted by Gasteiger charge is -2.18. The van der Waals surface area contributed by atoms with E-state index in [1.54, 1.807) is 12.1 Å². The van der Waals surface area contributed by atoms with Crippen LogP contribution in [0.5, 0.6) is 0 Å². The molecule has 0 unspecified atom stereocenters. The molecule has 0 aromatic heterocycles. The molecule has 1 atom stereocenters. The van der Waals surface area contributed by atoms with Gasteiger partial charge in [-0.1, -0.05) is 38.3 Å². The Bertz CT molecular complexity index is 700. The number of nitrogens with zero attached hydrogens (tertiary/aromatic N) is 1. The van der Waals surface area contributed by atoms with Crippen molar-refractivity contribution in [2.75, 3.05) is 6.54 Å². The summed E-state index contributed by atoms with van der Waals surface area (Å²) in [6.45, 7) is 3.50. The van der Waals surface area contributed by atoms with Gasteiger partial charge in [-0.2, -0.15) is 0 Å². The van der Waals surface area contributed by atoms with Gasteiger partial charge in [0.2, 0.25) is 5.91 Å². The molecule has 1 aliphatic heterocycles. The Balaban J connectivity index is 2.01. The predicted octanol–water partition coefficient (Wildman–Crippen LogP) is 1.92. The smallest absolute Gasteiger partial charge is 0.269 e. The number of benzene rings is 1. The van der Waals surface area contributed by atoms with E-state index in [-0.39, 0.29) is 16.5 Å². The van der Waals surface area contributed by atoms with Crippen molar-refractivity contribution in [2.24, 2.45) is 0 Å². The second kappa shape index (κ2) is 7.12. The van der Waals surface area contributed by atoms with Crippen molar-refractivity contribution in [2.45, 2.75) is 50.5 Å². The fraction of sp³-hybridized carbons (Fsp3) is 0.500. The van der Waals surface area contributed by atoms with Crippen LogP contribution in [0.4, 0.5) is 0 Å². The highest BCUT2D eigenvalue weighted by molar-refractivity contribution is 7.90. The topological polar surface area (TPSA) is 83.6 Å². The van der Waals surface area contributed by atoms with Crippen molar-refractivity contribution < 1.29 is 18.0 Å². The maximum Gasteiger partial charge on any atom is 0.269 e. The summed E-state index contributed by atoms with van der Waals surface area (Å²) < 4.78 is 25.3. The van der Waals surface area contributed by atoms with Crippen LogP contribution in [-0.2, 0) is 14.8 Å². The van der Waals surface area contributed by atoms with Crippen molar-refractivity contribution in [3.05, 3.63) is 29.8 Å². The molecule has 0 bridgehead atoms. The molecule has 0 fully saturated rings. The quantitative estimate of drug-likeness (QED) is 0.770. The summed E-state index contributed by atoms with van der Waals surface area (Å²) in [5, 5.41) is 2.75. The minimum absolute atomic E-state index is 0.0335. The molecule has 2 amide bonds. The van der Waals surface area contributed by atoms with E-state index in [1.165, 1.54) is 12.1 Å². The van der Waals surface area contributed by atoms with E-state index < -0.39 is 28.4 Å². The third-order valence-corrected chi connectivity index (χ3v) is 5.63. The molecule has 1 heterocycles. The van der Waals surface area contributed by atoms with Gasteiger partial charge in [0.05, 0.1) is 5.56 Å². The molecule has 7 heteroatoms. The van der Waals surface area contributed by atoms with Crippen LogP contribution in [0.1, 0.15) is 49.9 Å². The lowest BCUT2D eigenvalue weighted by atomic mass is 10.1. The highest BCUT2D eigenvalue weighted by atomic mass is 32.2. The number of hydrogen-bond acceptors (Lipinski definition) is 4. The van der Waals surface area contributed by atoms with Crippen LogP contribution in [0.15, 0.2) is 29.2 Å². The Morgan fingerprint density at radius 1 is 1.26 bits per heavy atom. The van der Waals surface area contributed by atoms with Gasteiger partial charge >= 0.3 is 0 Å². The monoisotopic (exact) mass is 338 g/mol. The highest BCUT2D eigenvalue weighted by Gasteiger charge is 2.41. The minimum atomic E-state index is -3.92. The van der Waals surface area contributed by atoms with Crippen molar-refractivity contribution in [3.63, 3.8) is 0 Å². The molecule has 6 nitrogen and oxygen atoms in total. The van der Waals surface area contributed by atoms with Gasteiger partial charge in [0.25, 0.3) is 15.9 Å². The number of carbonyl (C=O) groups is 2. The summed E-state index contributed by atoms with van der Waals surface area (Å²) in [4.78, 5) is 24.2. The Hall–Kier alpha value is -1.89. The molecular formula is C16H22N2O4S. The summed E-state index contributed by atoms with van der Waals surface area (Å²) in [5.41, 5.74) is 0.122. The molecule has 0 aliphatic carbocycles. The van der Waals surface area contributed by atoms with Gasteiger partial charge < -0.3 is 5.32 Å². The van der Waals surface area contributed by atoms with Gasteiger partial charge in [0.15, 0.2) is 0 Å². The van der Waals surface area contributed by atoms with E-state index in [2.05, 4.69) is 12.2 Å². The van der Waals surface area contributed by atoms with Crippen LogP contribution in [0.25, 0.3) is 0 Å². The first kappa shape index (κ1) is 17.5. The third-order valence-electron chi connectivity index (χ3n) is 3.85. The fourth-order valence-corrected chi connectivity index (χ4v) is 4.14. The van der Waals surface area contributed by atoms with Gasteiger partial charge in [-0.15, -0.1) is 0 Å². The lowest BCUT2D eigenvalue weighted by Crippen LogP contribution is -2.43. The minimum Gasteiger partial charge on any atom is -0.352 e. The number of sulfonamides is 1. The van der Waals surface area contributed by atoms with E-state index in [1.807, 2.05) is 6.92 Å². The van der Waals surface area contributed by atoms with Crippen LogP contribution < -0.4 is 5.32 Å². The molecule has 0 saturated carbocycles. The Morgan fingerprint density at radius 3 is 2.61 bits per heavy atom. The first-order valence-corrected chi connectivity index (χ1v) is 9.27. The standard InChI is InChI=1S/C16H22N2O4S/c1-3-4-5-8-12(2)17-15(19)11-18-16(20)13-9-6-7-10-14(13)23(18,21)22/h6-7,9-10,12H,3-5,8,11H2,1-2H3,(H,17,19)/t12-/m1/s1. The van der Waals surface area contributed by atoms with Gasteiger partial charge in [-0.05, 0) is 25.5 Å². The zero-order valence-electron chi connectivity index (χ0n) is 13.4. The van der Waals surface area contributed by atoms with Crippen LogP contribution in [-0.4, -0.2) is 37.1 Å². The van der Waals surface area contributed by atoms with E-state index in [0.29, 0.717) is 4.31 Å².